The summed E-state index contributed by atoms with van der Waals surface area (Å²) in [6.45, 7) is 0. The van der Waals surface area contributed by atoms with E-state index in [1.807, 2.05) is 30.3 Å². The van der Waals surface area contributed by atoms with Gasteiger partial charge >= 0.3 is 0 Å². The number of pyridine rings is 1. The second-order valence-corrected chi connectivity index (χ2v) is 6.93. The molecule has 3 atom stereocenters. The maximum absolute atomic E-state index is 12.7. The Kier molecular flexibility index (Phi) is 3.77. The highest BCUT2D eigenvalue weighted by Crippen LogP contribution is 2.32. The summed E-state index contributed by atoms with van der Waals surface area (Å²) in [6, 6.07) is 11.4. The normalized spacial score (nSPS) is 27.8. The lowest BCUT2D eigenvalue weighted by molar-refractivity contribution is 0.0462. The van der Waals surface area contributed by atoms with Gasteiger partial charge in [-0.2, -0.15) is 0 Å². The third-order valence-electron chi connectivity index (χ3n) is 5.56. The van der Waals surface area contributed by atoms with Crippen molar-refractivity contribution in [2.75, 3.05) is 7.05 Å². The number of hydrogen-bond acceptors (Lipinski definition) is 3. The zero-order valence-corrected chi connectivity index (χ0v) is 13.5. The minimum Gasteiger partial charge on any atom is -0.348 e. The summed E-state index contributed by atoms with van der Waals surface area (Å²) >= 11 is 0. The van der Waals surface area contributed by atoms with Gasteiger partial charge in [-0.15, -0.1) is 0 Å². The van der Waals surface area contributed by atoms with Crippen LogP contribution in [0.2, 0.25) is 0 Å². The third-order valence-corrected chi connectivity index (χ3v) is 5.56. The lowest BCUT2D eigenvalue weighted by Gasteiger charge is -2.47. The number of carbonyl (C=O) groups is 1. The van der Waals surface area contributed by atoms with Gasteiger partial charge < -0.3 is 10.2 Å². The molecule has 1 aromatic carbocycles. The first-order valence-corrected chi connectivity index (χ1v) is 8.59. The van der Waals surface area contributed by atoms with Gasteiger partial charge in [0, 0.05) is 29.7 Å². The Morgan fingerprint density at radius 1 is 1.17 bits per heavy atom. The number of aromatic nitrogens is 1. The van der Waals surface area contributed by atoms with Crippen LogP contribution in [0.3, 0.4) is 0 Å². The Morgan fingerprint density at radius 3 is 2.70 bits per heavy atom. The summed E-state index contributed by atoms with van der Waals surface area (Å²) in [5.41, 5.74) is 0.548. The Balaban J connectivity index is 1.54. The molecule has 4 rings (SSSR count). The monoisotopic (exact) mass is 309 g/mol. The highest BCUT2D eigenvalue weighted by molar-refractivity contribution is 6.05. The molecule has 1 aromatic heterocycles. The first kappa shape index (κ1) is 14.6. The largest absolute Gasteiger partial charge is 0.348 e. The lowest BCUT2D eigenvalue weighted by Crippen LogP contribution is -2.55. The fourth-order valence-electron chi connectivity index (χ4n) is 4.29. The van der Waals surface area contributed by atoms with E-state index >= 15 is 0 Å². The van der Waals surface area contributed by atoms with Crippen LogP contribution in [0.15, 0.2) is 36.5 Å². The van der Waals surface area contributed by atoms with Crippen LogP contribution in [0, 0.1) is 0 Å². The van der Waals surface area contributed by atoms with Crippen LogP contribution in [0.1, 0.15) is 42.6 Å². The number of rotatable bonds is 2. The van der Waals surface area contributed by atoms with E-state index in [0.29, 0.717) is 17.8 Å². The standard InChI is InChI=1S/C19H23N3O/c1-22-15-6-4-7-16(22)12-14(11-15)21-19(23)18-17-8-3-2-5-13(17)9-10-20-18/h2-3,5,8-10,14-16H,4,6-7,11-12H2,1H3,(H,21,23)/t14?,15-,16+. The van der Waals surface area contributed by atoms with E-state index in [-0.39, 0.29) is 11.9 Å². The van der Waals surface area contributed by atoms with Crippen molar-refractivity contribution in [3.8, 4) is 0 Å². The van der Waals surface area contributed by atoms with E-state index in [9.17, 15) is 4.79 Å². The maximum atomic E-state index is 12.7. The first-order valence-electron chi connectivity index (χ1n) is 8.59. The molecule has 2 fully saturated rings. The Labute approximate surface area is 136 Å². The summed E-state index contributed by atoms with van der Waals surface area (Å²) in [7, 11) is 2.23. The van der Waals surface area contributed by atoms with Crippen LogP contribution in [0.5, 0.6) is 0 Å². The molecule has 120 valence electrons. The Morgan fingerprint density at radius 2 is 1.91 bits per heavy atom. The highest BCUT2D eigenvalue weighted by Gasteiger charge is 2.36. The number of amides is 1. The Bertz CT molecular complexity index is 710. The molecule has 3 heterocycles. The number of benzene rings is 1. The number of hydrogen-bond donors (Lipinski definition) is 1. The number of fused-ring (bicyclic) bond motifs is 3. The van der Waals surface area contributed by atoms with Crippen molar-refractivity contribution in [3.63, 3.8) is 0 Å². The zero-order valence-electron chi connectivity index (χ0n) is 13.5. The molecule has 4 heteroatoms. The van der Waals surface area contributed by atoms with Gasteiger partial charge in [-0.25, -0.2) is 0 Å². The van der Waals surface area contributed by atoms with Crippen LogP contribution in [0.4, 0.5) is 0 Å². The molecule has 1 amide bonds. The van der Waals surface area contributed by atoms with Gasteiger partial charge in [0.2, 0.25) is 0 Å². The molecule has 1 N–H and O–H groups in total. The highest BCUT2D eigenvalue weighted by atomic mass is 16.1. The molecule has 0 saturated carbocycles. The molecule has 2 aliphatic heterocycles. The summed E-state index contributed by atoms with van der Waals surface area (Å²) < 4.78 is 0. The van der Waals surface area contributed by atoms with E-state index in [1.165, 1.54) is 19.3 Å². The number of nitrogens with one attached hydrogen (secondary N) is 1. The van der Waals surface area contributed by atoms with E-state index in [0.717, 1.165) is 23.6 Å². The molecule has 2 aromatic rings. The molecular weight excluding hydrogens is 286 g/mol. The van der Waals surface area contributed by atoms with Gasteiger partial charge in [-0.3, -0.25) is 9.78 Å². The Hall–Kier alpha value is -1.94. The predicted molar refractivity (Wildman–Crippen MR) is 91.4 cm³/mol. The van der Waals surface area contributed by atoms with Crippen molar-refractivity contribution in [2.45, 2.75) is 50.2 Å². The molecule has 23 heavy (non-hydrogen) atoms. The zero-order chi connectivity index (χ0) is 15.8. The van der Waals surface area contributed by atoms with E-state index in [1.54, 1.807) is 6.20 Å². The molecule has 0 aliphatic carbocycles. The molecule has 0 spiro atoms. The minimum absolute atomic E-state index is 0.0329. The van der Waals surface area contributed by atoms with Crippen LogP contribution in [0.25, 0.3) is 10.8 Å². The van der Waals surface area contributed by atoms with Crippen molar-refractivity contribution in [3.05, 3.63) is 42.2 Å². The van der Waals surface area contributed by atoms with Crippen molar-refractivity contribution in [1.29, 1.82) is 0 Å². The summed E-state index contributed by atoms with van der Waals surface area (Å²) in [4.78, 5) is 19.6. The van der Waals surface area contributed by atoms with Crippen molar-refractivity contribution in [2.24, 2.45) is 0 Å². The topological polar surface area (TPSA) is 45.2 Å². The van der Waals surface area contributed by atoms with Gasteiger partial charge in [0.15, 0.2) is 0 Å². The van der Waals surface area contributed by atoms with Crippen molar-refractivity contribution in [1.82, 2.24) is 15.2 Å². The second kappa shape index (κ2) is 5.93. The number of carbonyl (C=O) groups excluding carboxylic acids is 1. The second-order valence-electron chi connectivity index (χ2n) is 6.93. The molecule has 2 aliphatic rings. The molecular formula is C19H23N3O. The van der Waals surface area contributed by atoms with Gasteiger partial charge in [-0.1, -0.05) is 30.7 Å². The van der Waals surface area contributed by atoms with E-state index in [4.69, 9.17) is 0 Å². The molecule has 4 nitrogen and oxygen atoms in total. The number of piperidine rings is 2. The maximum Gasteiger partial charge on any atom is 0.270 e. The fraction of sp³-hybridized carbons (Fsp3) is 0.474. The summed E-state index contributed by atoms with van der Waals surface area (Å²) in [6.07, 6.45) is 7.68. The molecule has 2 saturated heterocycles. The van der Waals surface area contributed by atoms with Crippen LogP contribution in [-0.2, 0) is 0 Å². The first-order chi connectivity index (χ1) is 11.2. The summed E-state index contributed by atoms with van der Waals surface area (Å²) in [5, 5.41) is 5.24. The third kappa shape index (κ3) is 2.72. The van der Waals surface area contributed by atoms with E-state index in [2.05, 4.69) is 22.2 Å². The molecule has 1 unspecified atom stereocenters. The quantitative estimate of drug-likeness (QED) is 0.927. The predicted octanol–water partition coefficient (Wildman–Crippen LogP) is 2.98. The fourth-order valence-corrected chi connectivity index (χ4v) is 4.29. The van der Waals surface area contributed by atoms with Crippen molar-refractivity contribution >= 4 is 16.7 Å². The lowest BCUT2D eigenvalue weighted by atomic mass is 9.82. The van der Waals surface area contributed by atoms with Gasteiger partial charge in [0.05, 0.1) is 0 Å². The average molecular weight is 309 g/mol. The molecule has 0 radical (unpaired) electrons. The summed E-state index contributed by atoms with van der Waals surface area (Å²) in [5.74, 6) is -0.0329. The van der Waals surface area contributed by atoms with Crippen LogP contribution >= 0.6 is 0 Å². The average Bonchev–Trinajstić information content (AvgIpc) is 2.55. The SMILES string of the molecule is CN1[C@@H]2CCC[C@H]1CC(NC(=O)c1nccc3ccccc13)C2. The van der Waals surface area contributed by atoms with Crippen molar-refractivity contribution < 1.29 is 4.79 Å². The smallest absolute Gasteiger partial charge is 0.270 e. The van der Waals surface area contributed by atoms with Gasteiger partial charge in [0.1, 0.15) is 5.69 Å². The van der Waals surface area contributed by atoms with Crippen LogP contribution < -0.4 is 5.32 Å². The number of nitrogens with zero attached hydrogens (tertiary/aromatic N) is 2. The van der Waals surface area contributed by atoms with Gasteiger partial charge in [0.25, 0.3) is 5.91 Å². The van der Waals surface area contributed by atoms with Gasteiger partial charge in [-0.05, 0) is 44.2 Å². The minimum atomic E-state index is -0.0329. The molecule has 2 bridgehead atoms. The van der Waals surface area contributed by atoms with E-state index < -0.39 is 0 Å². The van der Waals surface area contributed by atoms with Crippen LogP contribution in [-0.4, -0.2) is 41.0 Å².